The van der Waals surface area contributed by atoms with E-state index in [-0.39, 0.29) is 0 Å². The number of aryl methyl sites for hydroxylation is 2. The topological polar surface area (TPSA) is 21.3 Å². The van der Waals surface area contributed by atoms with Gasteiger partial charge in [0.25, 0.3) is 0 Å². The number of rotatable bonds is 2. The quantitative estimate of drug-likeness (QED) is 0.864. The fourth-order valence-corrected chi connectivity index (χ4v) is 3.68. The van der Waals surface area contributed by atoms with E-state index in [4.69, 9.17) is 4.74 Å². The van der Waals surface area contributed by atoms with Crippen LogP contribution in [0, 0.1) is 19.8 Å². The lowest BCUT2D eigenvalue weighted by atomic mass is 9.64. The van der Waals surface area contributed by atoms with Gasteiger partial charge >= 0.3 is 0 Å². The maximum Gasteiger partial charge on any atom is 0.0588 e. The third-order valence-corrected chi connectivity index (χ3v) is 4.76. The van der Waals surface area contributed by atoms with Crippen molar-refractivity contribution in [2.24, 2.45) is 5.92 Å². The summed E-state index contributed by atoms with van der Waals surface area (Å²) in [6, 6.07) is 6.91. The molecule has 0 atom stereocenters. The Kier molecular flexibility index (Phi) is 3.16. The molecule has 0 bridgehead atoms. The summed E-state index contributed by atoms with van der Waals surface area (Å²) in [4.78, 5) is 0. The van der Waals surface area contributed by atoms with Crippen molar-refractivity contribution in [3.8, 4) is 0 Å². The number of ether oxygens (including phenoxy) is 1. The number of hydrogen-bond acceptors (Lipinski definition) is 2. The Morgan fingerprint density at radius 3 is 2.44 bits per heavy atom. The van der Waals surface area contributed by atoms with Crippen LogP contribution in [0.4, 0.5) is 0 Å². The van der Waals surface area contributed by atoms with Crippen molar-refractivity contribution in [2.75, 3.05) is 26.3 Å². The van der Waals surface area contributed by atoms with E-state index >= 15 is 0 Å². The van der Waals surface area contributed by atoms with Crippen LogP contribution in [0.3, 0.4) is 0 Å². The molecule has 0 radical (unpaired) electrons. The van der Waals surface area contributed by atoms with Gasteiger partial charge in [0.05, 0.1) is 13.2 Å². The van der Waals surface area contributed by atoms with Gasteiger partial charge in [-0.25, -0.2) is 0 Å². The van der Waals surface area contributed by atoms with Crippen LogP contribution >= 0.6 is 0 Å². The lowest BCUT2D eigenvalue weighted by molar-refractivity contribution is -0.0966. The van der Waals surface area contributed by atoms with Gasteiger partial charge in [-0.3, -0.25) is 0 Å². The maximum absolute atomic E-state index is 5.61. The molecule has 2 saturated heterocycles. The second kappa shape index (κ2) is 4.67. The van der Waals surface area contributed by atoms with Crippen LogP contribution in [0.1, 0.15) is 29.5 Å². The second-order valence-corrected chi connectivity index (χ2v) is 5.99. The van der Waals surface area contributed by atoms with Gasteiger partial charge in [-0.1, -0.05) is 23.8 Å². The molecule has 18 heavy (non-hydrogen) atoms. The van der Waals surface area contributed by atoms with E-state index in [1.165, 1.54) is 29.5 Å². The molecule has 2 fully saturated rings. The van der Waals surface area contributed by atoms with Crippen LogP contribution in [0.2, 0.25) is 0 Å². The van der Waals surface area contributed by atoms with Gasteiger partial charge in [0, 0.05) is 5.41 Å². The summed E-state index contributed by atoms with van der Waals surface area (Å²) in [5.41, 5.74) is 4.64. The molecular weight excluding hydrogens is 222 g/mol. The lowest BCUT2D eigenvalue weighted by Gasteiger charge is -2.50. The summed E-state index contributed by atoms with van der Waals surface area (Å²) in [5, 5.41) is 3.47. The highest BCUT2D eigenvalue weighted by molar-refractivity contribution is 5.39. The molecule has 0 spiro atoms. The smallest absolute Gasteiger partial charge is 0.0588 e. The first-order valence-electron chi connectivity index (χ1n) is 7.08. The standard InChI is InChI=1S/C16H23NO/c1-12-3-4-15(13(2)9-12)16(10-18-11-16)14-5-7-17-8-6-14/h3-4,9,14,17H,5-8,10-11H2,1-2H3. The van der Waals surface area contributed by atoms with Crippen molar-refractivity contribution < 1.29 is 4.74 Å². The van der Waals surface area contributed by atoms with Gasteiger partial charge in [0.15, 0.2) is 0 Å². The molecule has 0 aliphatic carbocycles. The third kappa shape index (κ3) is 1.88. The van der Waals surface area contributed by atoms with Crippen LogP contribution in [0.15, 0.2) is 18.2 Å². The Bertz CT molecular complexity index is 431. The highest BCUT2D eigenvalue weighted by atomic mass is 16.5. The zero-order valence-electron chi connectivity index (χ0n) is 11.5. The van der Waals surface area contributed by atoms with E-state index in [2.05, 4.69) is 37.4 Å². The van der Waals surface area contributed by atoms with Crippen molar-refractivity contribution in [2.45, 2.75) is 32.1 Å². The summed E-state index contributed by atoms with van der Waals surface area (Å²) in [7, 11) is 0. The zero-order valence-corrected chi connectivity index (χ0v) is 11.5. The Hall–Kier alpha value is -0.860. The first kappa shape index (κ1) is 12.2. The van der Waals surface area contributed by atoms with E-state index in [1.54, 1.807) is 0 Å². The Morgan fingerprint density at radius 1 is 1.17 bits per heavy atom. The zero-order chi connectivity index (χ0) is 12.6. The summed E-state index contributed by atoms with van der Waals surface area (Å²) < 4.78 is 5.61. The molecule has 2 aliphatic heterocycles. The minimum atomic E-state index is 0.305. The van der Waals surface area contributed by atoms with Crippen molar-refractivity contribution in [1.82, 2.24) is 5.32 Å². The van der Waals surface area contributed by atoms with E-state index < -0.39 is 0 Å². The van der Waals surface area contributed by atoms with E-state index in [0.29, 0.717) is 5.41 Å². The van der Waals surface area contributed by atoms with Gasteiger partial charge < -0.3 is 10.1 Å². The van der Waals surface area contributed by atoms with Crippen LogP contribution < -0.4 is 5.32 Å². The third-order valence-electron chi connectivity index (χ3n) is 4.76. The molecule has 1 aromatic rings. The molecule has 0 amide bonds. The van der Waals surface area contributed by atoms with Gasteiger partial charge in [0.1, 0.15) is 0 Å². The van der Waals surface area contributed by atoms with Crippen molar-refractivity contribution in [3.63, 3.8) is 0 Å². The predicted octanol–water partition coefficient (Wildman–Crippen LogP) is 2.57. The number of hydrogen-bond donors (Lipinski definition) is 1. The Balaban J connectivity index is 1.94. The molecule has 1 aromatic carbocycles. The van der Waals surface area contributed by atoms with Crippen LogP contribution in [0.5, 0.6) is 0 Å². The first-order chi connectivity index (χ1) is 8.72. The highest BCUT2D eigenvalue weighted by Gasteiger charge is 2.47. The fourth-order valence-electron chi connectivity index (χ4n) is 3.68. The molecule has 0 aromatic heterocycles. The van der Waals surface area contributed by atoms with Crippen molar-refractivity contribution in [1.29, 1.82) is 0 Å². The van der Waals surface area contributed by atoms with Gasteiger partial charge in [-0.05, 0) is 56.8 Å². The van der Waals surface area contributed by atoms with Gasteiger partial charge in [-0.2, -0.15) is 0 Å². The summed E-state index contributed by atoms with van der Waals surface area (Å²) in [6.45, 7) is 8.59. The van der Waals surface area contributed by atoms with Crippen molar-refractivity contribution in [3.05, 3.63) is 34.9 Å². The monoisotopic (exact) mass is 245 g/mol. The largest absolute Gasteiger partial charge is 0.379 e. The average Bonchev–Trinajstić information content (AvgIpc) is 2.32. The fraction of sp³-hybridized carbons (Fsp3) is 0.625. The van der Waals surface area contributed by atoms with E-state index in [9.17, 15) is 0 Å². The van der Waals surface area contributed by atoms with Crippen LogP contribution in [0.25, 0.3) is 0 Å². The predicted molar refractivity (Wildman–Crippen MR) is 74.0 cm³/mol. The molecule has 2 nitrogen and oxygen atoms in total. The SMILES string of the molecule is Cc1ccc(C2(C3CCNCC3)COC2)c(C)c1. The lowest BCUT2D eigenvalue weighted by Crippen LogP contribution is -2.55. The molecule has 3 rings (SSSR count). The molecule has 0 saturated carbocycles. The summed E-state index contributed by atoms with van der Waals surface area (Å²) in [6.07, 6.45) is 2.58. The molecule has 1 N–H and O–H groups in total. The van der Waals surface area contributed by atoms with Crippen molar-refractivity contribution >= 4 is 0 Å². The molecular formula is C16H23NO. The molecule has 2 aliphatic rings. The number of nitrogens with one attached hydrogen (secondary N) is 1. The summed E-state index contributed by atoms with van der Waals surface area (Å²) >= 11 is 0. The van der Waals surface area contributed by atoms with E-state index in [0.717, 1.165) is 32.2 Å². The normalized spacial score (nSPS) is 23.7. The number of benzene rings is 1. The van der Waals surface area contributed by atoms with Gasteiger partial charge in [-0.15, -0.1) is 0 Å². The van der Waals surface area contributed by atoms with Gasteiger partial charge in [0.2, 0.25) is 0 Å². The van der Waals surface area contributed by atoms with E-state index in [1.807, 2.05) is 0 Å². The second-order valence-electron chi connectivity index (χ2n) is 5.99. The Labute approximate surface area is 110 Å². The molecule has 98 valence electrons. The van der Waals surface area contributed by atoms with Crippen LogP contribution in [-0.4, -0.2) is 26.3 Å². The first-order valence-corrected chi connectivity index (χ1v) is 7.08. The minimum Gasteiger partial charge on any atom is -0.379 e. The minimum absolute atomic E-state index is 0.305. The molecule has 0 unspecified atom stereocenters. The Morgan fingerprint density at radius 2 is 1.89 bits per heavy atom. The molecule has 2 heteroatoms. The highest BCUT2D eigenvalue weighted by Crippen LogP contribution is 2.44. The molecule has 2 heterocycles. The van der Waals surface area contributed by atoms with Crippen LogP contribution in [-0.2, 0) is 10.2 Å². The average molecular weight is 245 g/mol. The number of piperidine rings is 1. The maximum atomic E-state index is 5.61. The summed E-state index contributed by atoms with van der Waals surface area (Å²) in [5.74, 6) is 0.786.